The number of aliphatic hydroxyl groups excluding tert-OH is 15. The Balaban J connectivity index is 0.876. The molecule has 5 heterocycles. The molecule has 9 fully saturated rings. The maximum absolute atomic E-state index is 15.2. The summed E-state index contributed by atoms with van der Waals surface area (Å²) in [5.41, 5.74) is -1.25. The molecule has 0 bridgehead atoms. The van der Waals surface area contributed by atoms with Gasteiger partial charge in [-0.05, 0) is 116 Å². The van der Waals surface area contributed by atoms with Crippen molar-refractivity contribution in [1.82, 2.24) is 0 Å². The quantitative estimate of drug-likeness (QED) is 0.0507. The molecule has 0 unspecified atom stereocenters. The van der Waals surface area contributed by atoms with Gasteiger partial charge in [0.15, 0.2) is 25.2 Å². The van der Waals surface area contributed by atoms with Crippen LogP contribution in [0, 0.1) is 56.7 Å². The Morgan fingerprint density at radius 2 is 1.11 bits per heavy atom. The van der Waals surface area contributed by atoms with Crippen LogP contribution in [0.25, 0.3) is 0 Å². The van der Waals surface area contributed by atoms with Gasteiger partial charge in [-0.2, -0.15) is 0 Å². The van der Waals surface area contributed by atoms with E-state index in [2.05, 4.69) is 54.5 Å². The van der Waals surface area contributed by atoms with E-state index >= 15 is 4.79 Å². The van der Waals surface area contributed by atoms with Gasteiger partial charge < -0.3 is 124 Å². The van der Waals surface area contributed by atoms with E-state index in [9.17, 15) is 76.6 Å². The molecule has 10 aliphatic rings. The fourth-order valence-electron chi connectivity index (χ4n) is 17.8. The van der Waals surface area contributed by atoms with Crippen LogP contribution in [-0.2, 0) is 52.2 Å². The summed E-state index contributed by atoms with van der Waals surface area (Å²) in [7, 11) is 0. The third-order valence-corrected chi connectivity index (χ3v) is 23.4. The van der Waals surface area contributed by atoms with Crippen molar-refractivity contribution in [3.63, 3.8) is 0 Å². The Hall–Kier alpha value is -1.75. The van der Waals surface area contributed by atoms with Gasteiger partial charge in [-0.3, -0.25) is 4.79 Å². The maximum Gasteiger partial charge on any atom is 0.315 e. The first-order chi connectivity index (χ1) is 39.9. The third-order valence-electron chi connectivity index (χ3n) is 23.4. The topological polar surface area (TPSA) is 413 Å². The average Bonchev–Trinajstić information content (AvgIpc) is 0.749. The number of hydrogen-bond acceptors (Lipinski definition) is 26. The number of ether oxygens (including phenoxy) is 10. The molecule has 0 amide bonds. The summed E-state index contributed by atoms with van der Waals surface area (Å²) >= 11 is 0. The molecule has 0 aromatic rings. The molecule has 488 valence electrons. The van der Waals surface area contributed by atoms with Crippen molar-refractivity contribution in [2.45, 2.75) is 267 Å². The van der Waals surface area contributed by atoms with Crippen LogP contribution in [0.2, 0.25) is 0 Å². The largest absolute Gasteiger partial charge is 0.432 e. The van der Waals surface area contributed by atoms with Crippen LogP contribution < -0.4 is 0 Å². The minimum Gasteiger partial charge on any atom is -0.432 e. The van der Waals surface area contributed by atoms with E-state index in [-0.39, 0.29) is 52.4 Å². The molecule has 10 rings (SSSR count). The van der Waals surface area contributed by atoms with Crippen LogP contribution >= 0.6 is 0 Å². The molecule has 4 saturated carbocycles. The molecule has 0 aromatic heterocycles. The molecule has 34 atom stereocenters. The van der Waals surface area contributed by atoms with Gasteiger partial charge in [0.05, 0.1) is 44.1 Å². The Kier molecular flexibility index (Phi) is 19.2. The van der Waals surface area contributed by atoms with Crippen LogP contribution in [0.3, 0.4) is 0 Å². The first kappa shape index (κ1) is 66.2. The summed E-state index contributed by atoms with van der Waals surface area (Å²) < 4.78 is 60.6. The predicted octanol–water partition coefficient (Wildman–Crippen LogP) is -2.69. The minimum atomic E-state index is -1.85. The lowest BCUT2D eigenvalue weighted by molar-refractivity contribution is -0.388. The van der Waals surface area contributed by atoms with E-state index < -0.39 is 190 Å². The maximum atomic E-state index is 15.2. The second-order valence-electron chi connectivity index (χ2n) is 28.1. The highest BCUT2D eigenvalue weighted by Gasteiger charge is 2.71. The van der Waals surface area contributed by atoms with Crippen molar-refractivity contribution in [2.24, 2.45) is 56.7 Å². The molecule has 26 heteroatoms. The van der Waals surface area contributed by atoms with Gasteiger partial charge in [-0.25, -0.2) is 0 Å². The zero-order valence-electron chi connectivity index (χ0n) is 49.8. The number of carbonyl (C=O) groups excluding carboxylic acids is 1. The Labute approximate surface area is 494 Å². The SMILES string of the molecule is C[C@H]1[C@H](C)CC[C@]2(C(=O)O[C@@H]3O[C@H](CO[C@@H]4O[C@H](CO)[C@@H](O)[C@H](O)[C@H]4O)[C@@H](O)[C@H](O)[C@H]3O)CC[C@]3(C)C(=CC[C@@H]4[C@@]5(C)CC[C@H](O[C@H]6OC[C@H](O)[C@H](O[C@@H]7O[C@H](CO)[C@@H](O)[C@H](O)[C@H]7O)[C@H]6O[C@@H]6O[C@@H](C)[C@H](O)[C@@H](O)[C@H]6O)C(C)(C)[C@@H]5CC[C@]43C)[C@H]12. The van der Waals surface area contributed by atoms with Gasteiger partial charge in [0.1, 0.15) is 110 Å². The first-order valence-corrected chi connectivity index (χ1v) is 30.7. The lowest BCUT2D eigenvalue weighted by Crippen LogP contribution is -2.67. The number of carbonyl (C=O) groups is 1. The van der Waals surface area contributed by atoms with Gasteiger partial charge in [0, 0.05) is 0 Å². The highest BCUT2D eigenvalue weighted by atomic mass is 16.8. The van der Waals surface area contributed by atoms with Gasteiger partial charge in [0.25, 0.3) is 0 Å². The summed E-state index contributed by atoms with van der Waals surface area (Å²) in [6.45, 7) is 15.0. The van der Waals surface area contributed by atoms with E-state index in [1.54, 1.807) is 0 Å². The van der Waals surface area contributed by atoms with E-state index in [1.807, 2.05) is 0 Å². The lowest BCUT2D eigenvalue weighted by atomic mass is 9.33. The third kappa shape index (κ3) is 11.0. The number of rotatable bonds is 13. The fourth-order valence-corrected chi connectivity index (χ4v) is 17.8. The molecule has 0 aromatic carbocycles. The molecule has 0 radical (unpaired) electrons. The van der Waals surface area contributed by atoms with Gasteiger partial charge in [0.2, 0.25) is 6.29 Å². The summed E-state index contributed by atoms with van der Waals surface area (Å²) in [6, 6.07) is 0. The molecule has 5 aliphatic heterocycles. The number of hydrogen-bond donors (Lipinski definition) is 15. The normalized spacial score (nSPS) is 55.3. The zero-order valence-corrected chi connectivity index (χ0v) is 49.8. The Morgan fingerprint density at radius 1 is 0.553 bits per heavy atom. The van der Waals surface area contributed by atoms with Crippen molar-refractivity contribution >= 4 is 5.97 Å². The van der Waals surface area contributed by atoms with E-state index in [4.69, 9.17) is 47.4 Å². The standard InChI is InChI=1S/C59H96O26/c1-23-11-16-59(54(75)85-52-46(74)42(70)38(66)30(81-52)22-77-49-43(71)40(68)36(64)28(19-60)79-49)18-17-57(7)26(34(59)24(23)2)9-10-32-56(6)14-13-33(55(4,5)31(56)12-15-58(32,57)8)82-53-48(84-50-44(72)39(67)35(63)25(3)78-50)47(27(62)21-76-53)83-51-45(73)41(69)37(65)29(20-61)80-51/h9,23-25,27-53,60-74H,10-22H2,1-8H3/t23-,24+,25+,27+,28-,29-,30-,31+,32-,33+,34+,35+,36-,37-,38-,39-,40+,41+,42+,43-,44-,45-,46-,47+,48-,49-,50+,51+,52+,53-,56+,57-,58-,59+/m1/s1. The summed E-state index contributed by atoms with van der Waals surface area (Å²) in [5.74, 6) is -0.330. The van der Waals surface area contributed by atoms with Crippen molar-refractivity contribution in [2.75, 3.05) is 26.4 Å². The fraction of sp³-hybridized carbons (Fsp3) is 0.949. The van der Waals surface area contributed by atoms with Gasteiger partial charge in [-0.1, -0.05) is 60.1 Å². The van der Waals surface area contributed by atoms with E-state index in [0.717, 1.165) is 32.1 Å². The predicted molar refractivity (Wildman–Crippen MR) is 288 cm³/mol. The number of esters is 1. The zero-order chi connectivity index (χ0) is 61.9. The van der Waals surface area contributed by atoms with Crippen molar-refractivity contribution in [1.29, 1.82) is 0 Å². The Morgan fingerprint density at radius 3 is 1.74 bits per heavy atom. The molecule has 26 nitrogen and oxygen atoms in total. The second kappa shape index (κ2) is 24.7. The van der Waals surface area contributed by atoms with Crippen molar-refractivity contribution in [3.05, 3.63) is 11.6 Å². The number of allylic oxidation sites excluding steroid dienone is 2. The summed E-state index contributed by atoms with van der Waals surface area (Å²) in [4.78, 5) is 15.2. The molecule has 15 N–H and O–H groups in total. The highest BCUT2D eigenvalue weighted by Crippen LogP contribution is 2.76. The van der Waals surface area contributed by atoms with Crippen molar-refractivity contribution < 1.29 is 129 Å². The summed E-state index contributed by atoms with van der Waals surface area (Å²) in [5, 5.41) is 160. The number of fused-ring (bicyclic) bond motifs is 7. The molecule has 85 heavy (non-hydrogen) atoms. The van der Waals surface area contributed by atoms with E-state index in [1.165, 1.54) is 12.5 Å². The second-order valence-corrected chi connectivity index (χ2v) is 28.1. The van der Waals surface area contributed by atoms with Crippen LogP contribution in [0.4, 0.5) is 0 Å². The van der Waals surface area contributed by atoms with Crippen molar-refractivity contribution in [3.8, 4) is 0 Å². The van der Waals surface area contributed by atoms with Crippen LogP contribution in [0.1, 0.15) is 113 Å². The monoisotopic (exact) mass is 1220 g/mol. The van der Waals surface area contributed by atoms with Crippen LogP contribution in [0.5, 0.6) is 0 Å². The summed E-state index contributed by atoms with van der Waals surface area (Å²) in [6.07, 6.45) is -30.6. The molecule has 5 saturated heterocycles. The first-order valence-electron chi connectivity index (χ1n) is 30.7. The highest BCUT2D eigenvalue weighted by molar-refractivity contribution is 5.79. The van der Waals surface area contributed by atoms with Gasteiger partial charge >= 0.3 is 5.97 Å². The van der Waals surface area contributed by atoms with Gasteiger partial charge in [-0.15, -0.1) is 0 Å². The molecular weight excluding hydrogens is 1120 g/mol. The molecule has 5 aliphatic carbocycles. The molecular formula is C59H96O26. The van der Waals surface area contributed by atoms with E-state index in [0.29, 0.717) is 25.7 Å². The average molecular weight is 1220 g/mol. The lowest BCUT2D eigenvalue weighted by Gasteiger charge is -2.71. The van der Waals surface area contributed by atoms with Crippen LogP contribution in [0.15, 0.2) is 11.6 Å². The molecule has 0 spiro atoms. The van der Waals surface area contributed by atoms with Crippen LogP contribution in [-0.4, -0.2) is 263 Å². The Bertz CT molecular complexity index is 2350. The minimum absolute atomic E-state index is 0.0289. The number of aliphatic hydroxyl groups is 15. The smallest absolute Gasteiger partial charge is 0.315 e.